The molecule has 0 spiro atoms. The van der Waals surface area contributed by atoms with Gasteiger partial charge in [-0.1, -0.05) is 24.0 Å². The molecule has 5 nitrogen and oxygen atoms in total. The Hall–Kier alpha value is -3.39. The molecule has 0 saturated heterocycles. The summed E-state index contributed by atoms with van der Waals surface area (Å²) in [7, 11) is 0. The maximum atomic E-state index is 12.8. The molecule has 0 unspecified atom stereocenters. The summed E-state index contributed by atoms with van der Waals surface area (Å²) in [6.45, 7) is 4.17. The molecule has 146 valence electrons. The molecule has 2 heterocycles. The van der Waals surface area contributed by atoms with Crippen LogP contribution in [0.1, 0.15) is 48.5 Å². The predicted octanol–water partition coefficient (Wildman–Crippen LogP) is 3.90. The van der Waals surface area contributed by atoms with Gasteiger partial charge >= 0.3 is 0 Å². The highest BCUT2D eigenvalue weighted by Crippen LogP contribution is 2.27. The van der Waals surface area contributed by atoms with Crippen LogP contribution in [0, 0.1) is 24.7 Å². The lowest BCUT2D eigenvalue weighted by molar-refractivity contribution is 0.294. The van der Waals surface area contributed by atoms with E-state index >= 15 is 0 Å². The average Bonchev–Trinajstić information content (AvgIpc) is 3.56. The highest BCUT2D eigenvalue weighted by Gasteiger charge is 2.18. The number of aromatic nitrogens is 3. The third-order valence-electron chi connectivity index (χ3n) is 5.00. The van der Waals surface area contributed by atoms with Crippen LogP contribution in [0.2, 0.25) is 0 Å². The smallest absolute Gasteiger partial charge is 0.254 e. The molecule has 1 atom stereocenters. The molecule has 0 bridgehead atoms. The van der Waals surface area contributed by atoms with Gasteiger partial charge in [-0.15, -0.1) is 0 Å². The minimum atomic E-state index is -0.0981. The number of aryl methyl sites for hydroxylation is 1. The summed E-state index contributed by atoms with van der Waals surface area (Å²) >= 11 is 0. The molecule has 3 aromatic rings. The van der Waals surface area contributed by atoms with E-state index in [1.165, 1.54) is 18.9 Å². The first kappa shape index (κ1) is 18.9. The molecule has 5 heteroatoms. The lowest BCUT2D eigenvalue weighted by atomic mass is 10.1. The molecule has 1 saturated carbocycles. The van der Waals surface area contributed by atoms with Gasteiger partial charge in [0, 0.05) is 35.6 Å². The first-order valence-electron chi connectivity index (χ1n) is 9.83. The summed E-state index contributed by atoms with van der Waals surface area (Å²) in [6.07, 6.45) is 5.78. The zero-order chi connectivity index (χ0) is 20.2. The second kappa shape index (κ2) is 8.32. The Balaban J connectivity index is 1.50. The van der Waals surface area contributed by atoms with Gasteiger partial charge in [-0.05, 0) is 56.5 Å². The van der Waals surface area contributed by atoms with E-state index in [0.717, 1.165) is 16.8 Å². The van der Waals surface area contributed by atoms with Gasteiger partial charge in [0.1, 0.15) is 12.4 Å². The maximum Gasteiger partial charge on any atom is 0.254 e. The van der Waals surface area contributed by atoms with Crippen LogP contribution in [-0.4, -0.2) is 14.5 Å². The lowest BCUT2D eigenvalue weighted by Gasteiger charge is -2.19. The van der Waals surface area contributed by atoms with Gasteiger partial charge in [0.15, 0.2) is 5.82 Å². The molecule has 1 aromatic carbocycles. The van der Waals surface area contributed by atoms with Gasteiger partial charge in [-0.25, -0.2) is 9.97 Å². The van der Waals surface area contributed by atoms with Crippen molar-refractivity contribution in [3.63, 3.8) is 0 Å². The van der Waals surface area contributed by atoms with Crippen LogP contribution in [0.25, 0.3) is 0 Å². The number of nitrogens with zero attached hydrogens (tertiary/aromatic N) is 3. The SMILES string of the molecule is Cc1cc(OCc2ncccn2)cc(=O)n1[C@H](C)c1ccc(C#CC2CC2)cc1. The van der Waals surface area contributed by atoms with E-state index in [9.17, 15) is 4.79 Å². The van der Waals surface area contributed by atoms with E-state index in [0.29, 0.717) is 17.5 Å². The van der Waals surface area contributed by atoms with Crippen molar-refractivity contribution in [2.75, 3.05) is 0 Å². The summed E-state index contributed by atoms with van der Waals surface area (Å²) in [5.74, 6) is 8.18. The monoisotopic (exact) mass is 385 g/mol. The topological polar surface area (TPSA) is 57.0 Å². The molecule has 0 aliphatic heterocycles. The normalized spacial score (nSPS) is 14.0. The number of benzene rings is 1. The van der Waals surface area contributed by atoms with E-state index in [2.05, 4.69) is 21.8 Å². The van der Waals surface area contributed by atoms with Crippen molar-refractivity contribution in [1.82, 2.24) is 14.5 Å². The van der Waals surface area contributed by atoms with Crippen LogP contribution in [0.4, 0.5) is 0 Å². The van der Waals surface area contributed by atoms with Crippen molar-refractivity contribution < 1.29 is 4.74 Å². The Morgan fingerprint density at radius 3 is 2.55 bits per heavy atom. The zero-order valence-corrected chi connectivity index (χ0v) is 16.6. The van der Waals surface area contributed by atoms with E-state index in [-0.39, 0.29) is 18.2 Å². The summed E-state index contributed by atoms with van der Waals surface area (Å²) in [6, 6.07) is 13.2. The first-order valence-corrected chi connectivity index (χ1v) is 9.83. The minimum absolute atomic E-state index is 0.0838. The highest BCUT2D eigenvalue weighted by atomic mass is 16.5. The zero-order valence-electron chi connectivity index (χ0n) is 16.6. The Labute approximate surface area is 170 Å². The number of hydrogen-bond donors (Lipinski definition) is 0. The molecule has 4 rings (SSSR count). The van der Waals surface area contributed by atoms with Crippen LogP contribution in [0.3, 0.4) is 0 Å². The lowest BCUT2D eigenvalue weighted by Crippen LogP contribution is -2.25. The molecule has 0 amide bonds. The van der Waals surface area contributed by atoms with E-state index in [1.54, 1.807) is 23.0 Å². The number of pyridine rings is 1. The molecule has 29 heavy (non-hydrogen) atoms. The Morgan fingerprint density at radius 2 is 1.90 bits per heavy atom. The number of ether oxygens (including phenoxy) is 1. The van der Waals surface area contributed by atoms with Gasteiger partial charge in [-0.2, -0.15) is 0 Å². The third-order valence-corrected chi connectivity index (χ3v) is 5.00. The molecule has 0 radical (unpaired) electrons. The molecule has 1 aliphatic carbocycles. The molecule has 1 fully saturated rings. The van der Waals surface area contributed by atoms with Crippen LogP contribution in [-0.2, 0) is 6.61 Å². The summed E-state index contributed by atoms with van der Waals surface area (Å²) < 4.78 is 7.48. The van der Waals surface area contributed by atoms with Crippen molar-refractivity contribution in [2.45, 2.75) is 39.3 Å². The third kappa shape index (κ3) is 4.72. The van der Waals surface area contributed by atoms with Crippen molar-refractivity contribution in [3.05, 3.63) is 87.9 Å². The van der Waals surface area contributed by atoms with Crippen molar-refractivity contribution in [1.29, 1.82) is 0 Å². The van der Waals surface area contributed by atoms with E-state index in [1.807, 2.05) is 44.2 Å². The van der Waals surface area contributed by atoms with Crippen LogP contribution >= 0.6 is 0 Å². The van der Waals surface area contributed by atoms with Crippen molar-refractivity contribution in [2.24, 2.45) is 5.92 Å². The van der Waals surface area contributed by atoms with Crippen LogP contribution in [0.15, 0.2) is 59.7 Å². The minimum Gasteiger partial charge on any atom is -0.485 e. The maximum absolute atomic E-state index is 12.8. The van der Waals surface area contributed by atoms with Gasteiger partial charge in [0.25, 0.3) is 5.56 Å². The molecule has 0 N–H and O–H groups in total. The second-order valence-corrected chi connectivity index (χ2v) is 7.34. The standard InChI is InChI=1S/C24H23N3O2/c1-17-14-22(29-16-23-25-12-3-13-26-23)15-24(28)27(17)18(2)21-10-8-20(9-11-21)7-6-19-4-5-19/h3,8-15,18-19H,4-5,16H2,1-2H3/t18-/m1/s1. The number of hydrogen-bond acceptors (Lipinski definition) is 4. The summed E-state index contributed by atoms with van der Waals surface area (Å²) in [4.78, 5) is 21.0. The van der Waals surface area contributed by atoms with Crippen LogP contribution in [0.5, 0.6) is 5.75 Å². The fourth-order valence-electron chi connectivity index (χ4n) is 3.22. The Bertz CT molecular complexity index is 1100. The predicted molar refractivity (Wildman–Crippen MR) is 112 cm³/mol. The Morgan fingerprint density at radius 1 is 1.17 bits per heavy atom. The Kier molecular flexibility index (Phi) is 5.44. The molecular formula is C24H23N3O2. The van der Waals surface area contributed by atoms with Crippen molar-refractivity contribution in [3.8, 4) is 17.6 Å². The van der Waals surface area contributed by atoms with E-state index < -0.39 is 0 Å². The van der Waals surface area contributed by atoms with Gasteiger partial charge in [-0.3, -0.25) is 4.79 Å². The van der Waals surface area contributed by atoms with Gasteiger partial charge < -0.3 is 9.30 Å². The van der Waals surface area contributed by atoms with Crippen LogP contribution < -0.4 is 10.3 Å². The number of rotatable bonds is 5. The largest absolute Gasteiger partial charge is 0.485 e. The molecule has 1 aliphatic rings. The first-order chi connectivity index (χ1) is 14.1. The van der Waals surface area contributed by atoms with Crippen molar-refractivity contribution >= 4 is 0 Å². The quantitative estimate of drug-likeness (QED) is 0.625. The second-order valence-electron chi connectivity index (χ2n) is 7.34. The van der Waals surface area contributed by atoms with E-state index in [4.69, 9.17) is 4.74 Å². The summed E-state index contributed by atoms with van der Waals surface area (Å²) in [5.41, 5.74) is 2.83. The fourth-order valence-corrected chi connectivity index (χ4v) is 3.22. The summed E-state index contributed by atoms with van der Waals surface area (Å²) in [5, 5.41) is 0. The highest BCUT2D eigenvalue weighted by molar-refractivity contribution is 5.38. The average molecular weight is 385 g/mol. The van der Waals surface area contributed by atoms with Gasteiger partial charge in [0.05, 0.1) is 6.04 Å². The van der Waals surface area contributed by atoms with Gasteiger partial charge in [0.2, 0.25) is 0 Å². The molecular weight excluding hydrogens is 362 g/mol. The fraction of sp³-hybridized carbons (Fsp3) is 0.292. The molecule has 2 aromatic heterocycles.